The third kappa shape index (κ3) is 4.14. The number of fused-ring (bicyclic) bond motifs is 1. The Morgan fingerprint density at radius 1 is 1.11 bits per heavy atom. The first-order valence-electron chi connectivity index (χ1n) is 9.42. The van der Waals surface area contributed by atoms with Crippen LogP contribution >= 0.6 is 0 Å². The van der Waals surface area contributed by atoms with Crippen molar-refractivity contribution in [3.05, 3.63) is 42.6 Å². The normalized spacial score (nSPS) is 17.1. The number of anilines is 1. The molecule has 3 heterocycles. The Balaban J connectivity index is 1.51. The van der Waals surface area contributed by atoms with Crippen LogP contribution in [0.4, 0.5) is 10.2 Å². The zero-order valence-electron chi connectivity index (χ0n) is 16.1. The first kappa shape index (κ1) is 18.8. The van der Waals surface area contributed by atoms with Crippen molar-refractivity contribution in [3.63, 3.8) is 0 Å². The number of piperazine rings is 1. The second-order valence-corrected chi connectivity index (χ2v) is 7.42. The lowest BCUT2D eigenvalue weighted by molar-refractivity contribution is 0.0938. The molecule has 3 aromatic rings. The molecule has 0 radical (unpaired) electrons. The van der Waals surface area contributed by atoms with Gasteiger partial charge in [-0.2, -0.15) is 5.10 Å². The van der Waals surface area contributed by atoms with Gasteiger partial charge in [0, 0.05) is 68.7 Å². The van der Waals surface area contributed by atoms with Crippen LogP contribution in [0.15, 0.2) is 36.8 Å². The van der Waals surface area contributed by atoms with Gasteiger partial charge in [-0.1, -0.05) is 0 Å². The molecule has 2 N–H and O–H groups in total. The quantitative estimate of drug-likeness (QED) is 0.654. The summed E-state index contributed by atoms with van der Waals surface area (Å²) in [7, 11) is 3.91. The molecule has 1 aliphatic rings. The summed E-state index contributed by atoms with van der Waals surface area (Å²) in [5.74, 6) is 0.260. The fourth-order valence-corrected chi connectivity index (χ4v) is 3.52. The monoisotopic (exact) mass is 384 g/mol. The van der Waals surface area contributed by atoms with Crippen molar-refractivity contribution in [2.24, 2.45) is 7.05 Å². The van der Waals surface area contributed by atoms with Gasteiger partial charge in [-0.3, -0.25) is 9.58 Å². The maximum absolute atomic E-state index is 14.5. The molecular weight excluding hydrogens is 359 g/mol. The third-order valence-corrected chi connectivity index (χ3v) is 5.17. The van der Waals surface area contributed by atoms with Crippen molar-refractivity contribution in [1.82, 2.24) is 24.6 Å². The van der Waals surface area contributed by atoms with Gasteiger partial charge in [0.25, 0.3) is 0 Å². The number of aliphatic hydroxyl groups is 1. The van der Waals surface area contributed by atoms with E-state index in [1.165, 1.54) is 6.07 Å². The molecule has 0 saturated carbocycles. The maximum Gasteiger partial charge on any atom is 0.138 e. The third-order valence-electron chi connectivity index (χ3n) is 5.17. The van der Waals surface area contributed by atoms with Crippen molar-refractivity contribution in [3.8, 4) is 11.1 Å². The summed E-state index contributed by atoms with van der Waals surface area (Å²) in [6, 6.07) is 5.11. The number of β-amino-alcohol motifs (C(OH)–C–C–N with tert-alkyl or cyclic N) is 1. The Bertz CT molecular complexity index is 966. The second-order valence-electron chi connectivity index (χ2n) is 7.42. The number of nitrogens with one attached hydrogen (secondary N) is 1. The Kier molecular flexibility index (Phi) is 5.25. The van der Waals surface area contributed by atoms with Crippen LogP contribution in [0.25, 0.3) is 21.9 Å². The zero-order chi connectivity index (χ0) is 19.7. The lowest BCUT2D eigenvalue weighted by Gasteiger charge is -2.33. The summed E-state index contributed by atoms with van der Waals surface area (Å²) in [5.41, 5.74) is 1.22. The van der Waals surface area contributed by atoms with E-state index in [1.807, 2.05) is 6.07 Å². The van der Waals surface area contributed by atoms with E-state index >= 15 is 0 Å². The molecule has 1 aromatic carbocycles. The topological polar surface area (TPSA) is 69.5 Å². The van der Waals surface area contributed by atoms with Gasteiger partial charge in [-0.25, -0.2) is 9.37 Å². The van der Waals surface area contributed by atoms with Crippen molar-refractivity contribution >= 4 is 16.6 Å². The fourth-order valence-electron chi connectivity index (χ4n) is 3.52. The summed E-state index contributed by atoms with van der Waals surface area (Å²) in [4.78, 5) is 8.83. The lowest BCUT2D eigenvalue weighted by atomic mass is 10.0. The van der Waals surface area contributed by atoms with Gasteiger partial charge >= 0.3 is 0 Å². The largest absolute Gasteiger partial charge is 0.372 e. The average Bonchev–Trinajstić information content (AvgIpc) is 3.09. The molecule has 0 bridgehead atoms. The smallest absolute Gasteiger partial charge is 0.138 e. The predicted molar refractivity (Wildman–Crippen MR) is 107 cm³/mol. The van der Waals surface area contributed by atoms with Gasteiger partial charge in [0.15, 0.2) is 0 Å². The average molecular weight is 384 g/mol. The van der Waals surface area contributed by atoms with Crippen LogP contribution in [0.1, 0.15) is 0 Å². The van der Waals surface area contributed by atoms with E-state index in [9.17, 15) is 9.50 Å². The highest BCUT2D eigenvalue weighted by molar-refractivity contribution is 5.88. The molecule has 1 aliphatic heterocycles. The number of halogens is 1. The molecule has 0 spiro atoms. The molecule has 0 aliphatic carbocycles. The van der Waals surface area contributed by atoms with Crippen molar-refractivity contribution in [1.29, 1.82) is 0 Å². The van der Waals surface area contributed by atoms with Crippen molar-refractivity contribution in [2.75, 3.05) is 45.1 Å². The zero-order valence-corrected chi connectivity index (χ0v) is 16.1. The predicted octanol–water partition coefficient (Wildman–Crippen LogP) is 1.75. The number of pyridine rings is 1. The number of rotatable bonds is 5. The van der Waals surface area contributed by atoms with E-state index in [4.69, 9.17) is 0 Å². The van der Waals surface area contributed by atoms with Crippen LogP contribution in [-0.4, -0.2) is 75.7 Å². The minimum Gasteiger partial charge on any atom is -0.372 e. The molecule has 7 nitrogen and oxygen atoms in total. The van der Waals surface area contributed by atoms with Crippen LogP contribution in [-0.2, 0) is 7.05 Å². The molecule has 2 aromatic heterocycles. The molecule has 1 unspecified atom stereocenters. The summed E-state index contributed by atoms with van der Waals surface area (Å²) in [6.45, 7) is 4.42. The van der Waals surface area contributed by atoms with Gasteiger partial charge in [-0.05, 0) is 30.6 Å². The van der Waals surface area contributed by atoms with Crippen LogP contribution in [0.5, 0.6) is 0 Å². The molecule has 1 atom stereocenters. The first-order valence-corrected chi connectivity index (χ1v) is 9.42. The lowest BCUT2D eigenvalue weighted by Crippen LogP contribution is -2.48. The minimum atomic E-state index is -0.716. The molecule has 8 heteroatoms. The maximum atomic E-state index is 14.5. The summed E-state index contributed by atoms with van der Waals surface area (Å²) >= 11 is 0. The van der Waals surface area contributed by atoms with Gasteiger partial charge in [0.1, 0.15) is 17.9 Å². The fraction of sp³-hybridized carbons (Fsp3) is 0.400. The SMILES string of the molecule is CN1CCN(CC(O)Nc2cc3cc(-c4cnn(C)c4)c(F)cc3cn2)CC1. The molecular formula is C20H25FN6O. The number of hydrogen-bond acceptors (Lipinski definition) is 6. The number of hydrogen-bond donors (Lipinski definition) is 2. The molecule has 4 rings (SSSR count). The number of aryl methyl sites for hydroxylation is 1. The Morgan fingerprint density at radius 2 is 1.89 bits per heavy atom. The highest BCUT2D eigenvalue weighted by Gasteiger charge is 2.17. The molecule has 1 fully saturated rings. The highest BCUT2D eigenvalue weighted by atomic mass is 19.1. The minimum absolute atomic E-state index is 0.307. The molecule has 1 saturated heterocycles. The van der Waals surface area contributed by atoms with Crippen LogP contribution in [0, 0.1) is 5.82 Å². The summed E-state index contributed by atoms with van der Waals surface area (Å²) in [5, 5.41) is 19.1. The Labute approximate surface area is 163 Å². The van der Waals surface area contributed by atoms with E-state index in [2.05, 4.69) is 32.2 Å². The van der Waals surface area contributed by atoms with Crippen LogP contribution < -0.4 is 5.32 Å². The highest BCUT2D eigenvalue weighted by Crippen LogP contribution is 2.28. The molecule has 0 amide bonds. The molecule has 28 heavy (non-hydrogen) atoms. The number of aromatic nitrogens is 3. The van der Waals surface area contributed by atoms with E-state index < -0.39 is 6.23 Å². The Morgan fingerprint density at radius 3 is 2.61 bits per heavy atom. The summed E-state index contributed by atoms with van der Waals surface area (Å²) < 4.78 is 16.1. The van der Waals surface area contributed by atoms with Crippen molar-refractivity contribution in [2.45, 2.75) is 6.23 Å². The number of nitrogens with zero attached hydrogens (tertiary/aromatic N) is 5. The van der Waals surface area contributed by atoms with Crippen molar-refractivity contribution < 1.29 is 9.50 Å². The number of benzene rings is 1. The van der Waals surface area contributed by atoms with Gasteiger partial charge in [-0.15, -0.1) is 0 Å². The van der Waals surface area contributed by atoms with E-state index in [1.54, 1.807) is 36.4 Å². The number of aliphatic hydroxyl groups excluding tert-OH is 1. The van der Waals surface area contributed by atoms with E-state index in [0.29, 0.717) is 23.3 Å². The van der Waals surface area contributed by atoms with Gasteiger partial charge in [0.2, 0.25) is 0 Å². The Hall–Kier alpha value is -2.55. The van der Waals surface area contributed by atoms with E-state index in [0.717, 1.165) is 37.1 Å². The standard InChI is InChI=1S/C20H25FN6O/c1-25-3-5-27(6-4-25)13-20(28)24-19-9-14-7-17(16-11-23-26(2)12-16)18(21)8-15(14)10-22-19/h7-12,20,28H,3-6,13H2,1-2H3,(H,22,24). The summed E-state index contributed by atoms with van der Waals surface area (Å²) in [6.07, 6.45) is 4.33. The van der Waals surface area contributed by atoms with Gasteiger partial charge in [0.05, 0.1) is 6.20 Å². The van der Waals surface area contributed by atoms with Gasteiger partial charge < -0.3 is 15.3 Å². The molecule has 148 valence electrons. The van der Waals surface area contributed by atoms with E-state index in [-0.39, 0.29) is 5.82 Å². The van der Waals surface area contributed by atoms with Crippen LogP contribution in [0.2, 0.25) is 0 Å². The first-order chi connectivity index (χ1) is 13.5. The number of likely N-dealkylation sites (N-methyl/N-ethyl adjacent to an activating group) is 1. The van der Waals surface area contributed by atoms with Crippen LogP contribution in [0.3, 0.4) is 0 Å². The second kappa shape index (κ2) is 7.83.